The number of rotatable bonds is 8. The Hall–Kier alpha value is -4.30. The monoisotopic (exact) mass is 545 g/mol. The van der Waals surface area contributed by atoms with E-state index in [-0.39, 0.29) is 16.8 Å². The number of amides is 2. The number of halogens is 1. The van der Waals surface area contributed by atoms with Crippen molar-refractivity contribution in [3.8, 4) is 23.0 Å². The van der Waals surface area contributed by atoms with Crippen LogP contribution >= 0.6 is 11.6 Å². The normalized spacial score (nSPS) is 13.5. The van der Waals surface area contributed by atoms with Gasteiger partial charge in [0.15, 0.2) is 11.5 Å². The molecule has 0 aliphatic heterocycles. The number of benzene rings is 3. The van der Waals surface area contributed by atoms with Gasteiger partial charge in [0.1, 0.15) is 16.9 Å². The van der Waals surface area contributed by atoms with Gasteiger partial charge in [-0.2, -0.15) is 0 Å². The number of nitrogens with one attached hydrogen (secondary N) is 2. The van der Waals surface area contributed by atoms with E-state index in [1.165, 1.54) is 0 Å². The van der Waals surface area contributed by atoms with Gasteiger partial charge in [-0.3, -0.25) is 14.6 Å². The molecule has 0 bridgehead atoms. The number of methoxy groups -OCH3 is 2. The highest BCUT2D eigenvalue weighted by atomic mass is 35.5. The maximum absolute atomic E-state index is 13.2. The number of aryl methyl sites for hydroxylation is 2. The van der Waals surface area contributed by atoms with Crippen molar-refractivity contribution >= 4 is 45.7 Å². The van der Waals surface area contributed by atoms with Crippen LogP contribution in [-0.4, -0.2) is 31.0 Å². The Bertz CT molecular complexity index is 1580. The van der Waals surface area contributed by atoms with Crippen LogP contribution in [-0.2, 0) is 9.59 Å². The third-order valence-electron chi connectivity index (χ3n) is 6.87. The zero-order valence-corrected chi connectivity index (χ0v) is 22.8. The van der Waals surface area contributed by atoms with Crippen LogP contribution in [0.5, 0.6) is 23.0 Å². The molecule has 3 aromatic carbocycles. The van der Waals surface area contributed by atoms with E-state index < -0.39 is 5.41 Å². The van der Waals surface area contributed by atoms with E-state index in [1.807, 2.05) is 38.1 Å². The third-order valence-corrected chi connectivity index (χ3v) is 7.18. The molecule has 5 rings (SSSR count). The summed E-state index contributed by atoms with van der Waals surface area (Å²) in [5.41, 5.74) is 2.45. The van der Waals surface area contributed by atoms with Crippen LogP contribution in [0.2, 0.25) is 5.02 Å². The molecule has 1 heterocycles. The summed E-state index contributed by atoms with van der Waals surface area (Å²) < 4.78 is 17.0. The van der Waals surface area contributed by atoms with Crippen molar-refractivity contribution in [2.75, 3.05) is 24.9 Å². The highest BCUT2D eigenvalue weighted by Crippen LogP contribution is 2.48. The van der Waals surface area contributed by atoms with Crippen LogP contribution in [0, 0.1) is 19.3 Å². The van der Waals surface area contributed by atoms with Gasteiger partial charge in [0.25, 0.3) is 0 Å². The second kappa shape index (κ2) is 10.5. The molecule has 9 heteroatoms. The minimum absolute atomic E-state index is 0.288. The first-order chi connectivity index (χ1) is 18.7. The summed E-state index contributed by atoms with van der Waals surface area (Å²) in [4.78, 5) is 30.6. The van der Waals surface area contributed by atoms with Crippen molar-refractivity contribution < 1.29 is 23.8 Å². The number of carbonyl (C=O) groups is 2. The highest BCUT2D eigenvalue weighted by molar-refractivity contribution is 6.34. The first kappa shape index (κ1) is 26.3. The molecule has 0 radical (unpaired) electrons. The molecule has 1 fully saturated rings. The maximum Gasteiger partial charge on any atom is 0.240 e. The van der Waals surface area contributed by atoms with Crippen molar-refractivity contribution in [2.24, 2.45) is 5.41 Å². The molecule has 1 saturated carbocycles. The van der Waals surface area contributed by atoms with Gasteiger partial charge in [-0.25, -0.2) is 0 Å². The first-order valence-corrected chi connectivity index (χ1v) is 12.8. The molecule has 4 aromatic rings. The van der Waals surface area contributed by atoms with Crippen LogP contribution in [0.15, 0.2) is 60.8 Å². The fraction of sp³-hybridized carbons (Fsp3) is 0.233. The molecule has 39 heavy (non-hydrogen) atoms. The number of ether oxygens (including phenoxy) is 3. The van der Waals surface area contributed by atoms with Gasteiger partial charge < -0.3 is 24.8 Å². The molecule has 1 aliphatic rings. The second-order valence-corrected chi connectivity index (χ2v) is 10.00. The van der Waals surface area contributed by atoms with Gasteiger partial charge in [-0.1, -0.05) is 29.3 Å². The van der Waals surface area contributed by atoms with Crippen LogP contribution in [0.3, 0.4) is 0 Å². The number of pyridine rings is 1. The topological polar surface area (TPSA) is 98.8 Å². The van der Waals surface area contributed by atoms with Gasteiger partial charge in [0.2, 0.25) is 11.8 Å². The zero-order chi connectivity index (χ0) is 27.7. The largest absolute Gasteiger partial charge is 0.493 e. The predicted octanol–water partition coefficient (Wildman–Crippen LogP) is 6.67. The smallest absolute Gasteiger partial charge is 0.240 e. The number of carbonyl (C=O) groups excluding carboxylic acids is 2. The molecule has 8 nitrogen and oxygen atoms in total. The number of fused-ring (bicyclic) bond motifs is 1. The molecule has 200 valence electrons. The van der Waals surface area contributed by atoms with Crippen molar-refractivity contribution in [1.29, 1.82) is 0 Å². The Morgan fingerprint density at radius 3 is 2.18 bits per heavy atom. The molecule has 0 saturated heterocycles. The fourth-order valence-electron chi connectivity index (χ4n) is 4.34. The molecular weight excluding hydrogens is 518 g/mol. The first-order valence-electron chi connectivity index (χ1n) is 12.4. The number of aromatic nitrogens is 1. The predicted molar refractivity (Wildman–Crippen MR) is 151 cm³/mol. The summed E-state index contributed by atoms with van der Waals surface area (Å²) in [6.07, 6.45) is 2.58. The van der Waals surface area contributed by atoms with Crippen molar-refractivity contribution in [3.05, 3.63) is 76.9 Å². The highest BCUT2D eigenvalue weighted by Gasteiger charge is 2.56. The minimum atomic E-state index is -1.12. The molecule has 1 aliphatic carbocycles. The average molecular weight is 546 g/mol. The molecular formula is C30H28ClN3O5. The van der Waals surface area contributed by atoms with Crippen LogP contribution in [0.25, 0.3) is 10.9 Å². The van der Waals surface area contributed by atoms with Gasteiger partial charge in [-0.15, -0.1) is 0 Å². The molecule has 2 amide bonds. The van der Waals surface area contributed by atoms with Gasteiger partial charge >= 0.3 is 0 Å². The SMILES string of the molecule is COc1cc2nccc(Oc3cc(Cl)c(NC(=O)C4(C(=O)Nc5ccc(C)cc5)CC4)cc3C)c2cc1OC. The number of nitrogens with zero attached hydrogens (tertiary/aromatic N) is 1. The standard InChI is InChI=1S/C30H28ClN3O5/c1-17-5-7-19(8-6-17)33-28(35)30(10-11-30)29(36)34-23-13-18(2)25(15-21(23)31)39-24-9-12-32-22-16-27(38-4)26(37-3)14-20(22)24/h5-9,12-16H,10-11H2,1-4H3,(H,33,35)(H,34,36). The average Bonchev–Trinajstić information content (AvgIpc) is 3.74. The summed E-state index contributed by atoms with van der Waals surface area (Å²) in [5, 5.41) is 6.73. The number of hydrogen-bond donors (Lipinski definition) is 2. The van der Waals surface area contributed by atoms with Crippen molar-refractivity contribution in [1.82, 2.24) is 4.98 Å². The lowest BCUT2D eigenvalue weighted by Crippen LogP contribution is -2.35. The lowest BCUT2D eigenvalue weighted by atomic mass is 10.0. The molecule has 2 N–H and O–H groups in total. The Morgan fingerprint density at radius 1 is 0.846 bits per heavy atom. The Kier molecular flexibility index (Phi) is 7.06. The Morgan fingerprint density at radius 2 is 1.51 bits per heavy atom. The van der Waals surface area contributed by atoms with E-state index in [2.05, 4.69) is 15.6 Å². The number of hydrogen-bond acceptors (Lipinski definition) is 6. The summed E-state index contributed by atoms with van der Waals surface area (Å²) in [7, 11) is 3.13. The van der Waals surface area contributed by atoms with Crippen LogP contribution in [0.4, 0.5) is 11.4 Å². The zero-order valence-electron chi connectivity index (χ0n) is 22.1. The summed E-state index contributed by atoms with van der Waals surface area (Å²) >= 11 is 6.57. The minimum Gasteiger partial charge on any atom is -0.493 e. The fourth-order valence-corrected chi connectivity index (χ4v) is 4.54. The van der Waals surface area contributed by atoms with Gasteiger partial charge in [0, 0.05) is 29.4 Å². The van der Waals surface area contributed by atoms with E-state index >= 15 is 0 Å². The summed E-state index contributed by atoms with van der Waals surface area (Å²) in [6, 6.07) is 16.2. The molecule has 0 spiro atoms. The van der Waals surface area contributed by atoms with Gasteiger partial charge in [-0.05, 0) is 62.6 Å². The van der Waals surface area contributed by atoms with Crippen LogP contribution < -0.4 is 24.8 Å². The van der Waals surface area contributed by atoms with Gasteiger partial charge in [0.05, 0.1) is 30.4 Å². The van der Waals surface area contributed by atoms with E-state index in [9.17, 15) is 9.59 Å². The van der Waals surface area contributed by atoms with E-state index in [1.54, 1.807) is 50.7 Å². The molecule has 1 aromatic heterocycles. The van der Waals surface area contributed by atoms with E-state index in [4.69, 9.17) is 25.8 Å². The third kappa shape index (κ3) is 5.20. The number of anilines is 2. The van der Waals surface area contributed by atoms with E-state index in [0.717, 1.165) is 16.5 Å². The van der Waals surface area contributed by atoms with Crippen molar-refractivity contribution in [2.45, 2.75) is 26.7 Å². The lowest BCUT2D eigenvalue weighted by Gasteiger charge is -2.18. The second-order valence-electron chi connectivity index (χ2n) is 9.59. The Balaban J connectivity index is 1.35. The Labute approximate surface area is 231 Å². The summed E-state index contributed by atoms with van der Waals surface area (Å²) in [6.45, 7) is 3.82. The van der Waals surface area contributed by atoms with E-state index in [0.29, 0.717) is 52.7 Å². The molecule has 0 unspecified atom stereocenters. The summed E-state index contributed by atoms with van der Waals surface area (Å²) in [5.74, 6) is 1.47. The molecule has 0 atom stereocenters. The van der Waals surface area contributed by atoms with Crippen molar-refractivity contribution in [3.63, 3.8) is 0 Å². The maximum atomic E-state index is 13.2. The lowest BCUT2D eigenvalue weighted by molar-refractivity contribution is -0.131. The quantitative estimate of drug-likeness (QED) is 0.240. The van der Waals surface area contributed by atoms with Crippen LogP contribution in [0.1, 0.15) is 24.0 Å².